The molecule has 1 saturated carbocycles. The van der Waals surface area contributed by atoms with Gasteiger partial charge in [-0.05, 0) is 93.8 Å². The number of aromatic nitrogens is 2. The molecule has 1 aromatic heterocycles. The molecule has 0 spiro atoms. The topological polar surface area (TPSA) is 104 Å². The summed E-state index contributed by atoms with van der Waals surface area (Å²) in [6.45, 7) is 2.31. The number of piperidine rings is 1. The Morgan fingerprint density at radius 1 is 0.956 bits per heavy atom. The number of carbonyl (C=O) groups excluding carboxylic acids is 2. The van der Waals surface area contributed by atoms with Crippen LogP contribution in [0.1, 0.15) is 54.4 Å². The SMILES string of the molecule is CNC1(c2ccccc2Cl)CCCCC1=O.O=C(c1ccc(F)cc1)C1CCN(CCn2c(=O)[nH]c3ccccc3c2=O)CC1. The van der Waals surface area contributed by atoms with E-state index in [9.17, 15) is 23.6 Å². The Kier molecular flexibility index (Phi) is 10.4. The number of H-pyrrole nitrogens is 1. The van der Waals surface area contributed by atoms with Crippen LogP contribution in [0.4, 0.5) is 4.39 Å². The van der Waals surface area contributed by atoms with E-state index >= 15 is 0 Å². The Morgan fingerprint density at radius 3 is 2.33 bits per heavy atom. The summed E-state index contributed by atoms with van der Waals surface area (Å²) in [5, 5.41) is 4.36. The van der Waals surface area contributed by atoms with Gasteiger partial charge < -0.3 is 15.2 Å². The molecule has 1 unspecified atom stereocenters. The van der Waals surface area contributed by atoms with Crippen molar-refractivity contribution in [2.24, 2.45) is 5.92 Å². The van der Waals surface area contributed by atoms with Gasteiger partial charge in [0.05, 0.1) is 10.9 Å². The van der Waals surface area contributed by atoms with E-state index in [0.29, 0.717) is 53.8 Å². The lowest BCUT2D eigenvalue weighted by Gasteiger charge is -2.36. The van der Waals surface area contributed by atoms with Crippen LogP contribution in [-0.2, 0) is 16.9 Å². The summed E-state index contributed by atoms with van der Waals surface area (Å²) in [5.41, 5.74) is 0.749. The summed E-state index contributed by atoms with van der Waals surface area (Å²) in [6, 6.07) is 20.3. The number of likely N-dealkylation sites (tertiary alicyclic amines) is 1. The van der Waals surface area contributed by atoms with Crippen molar-refractivity contribution in [3.63, 3.8) is 0 Å². The second kappa shape index (κ2) is 14.5. The fourth-order valence-corrected chi connectivity index (χ4v) is 6.73. The van der Waals surface area contributed by atoms with Crippen molar-refractivity contribution in [2.45, 2.75) is 50.6 Å². The molecule has 2 N–H and O–H groups in total. The number of nitrogens with zero attached hydrogens (tertiary/aromatic N) is 2. The minimum Gasteiger partial charge on any atom is -0.307 e. The molecule has 2 fully saturated rings. The lowest BCUT2D eigenvalue weighted by Crippen LogP contribution is -2.49. The highest BCUT2D eigenvalue weighted by atomic mass is 35.5. The summed E-state index contributed by atoms with van der Waals surface area (Å²) in [6.07, 6.45) is 4.96. The zero-order chi connectivity index (χ0) is 32.0. The Balaban J connectivity index is 0.000000211. The summed E-state index contributed by atoms with van der Waals surface area (Å²) in [4.78, 5) is 54.5. The number of fused-ring (bicyclic) bond motifs is 1. The van der Waals surface area contributed by atoms with E-state index in [4.69, 9.17) is 11.6 Å². The molecule has 236 valence electrons. The van der Waals surface area contributed by atoms with Crippen LogP contribution in [0.2, 0.25) is 5.02 Å². The van der Waals surface area contributed by atoms with Crippen LogP contribution in [0.25, 0.3) is 10.9 Å². The molecule has 10 heteroatoms. The molecule has 1 saturated heterocycles. The van der Waals surface area contributed by atoms with Crippen LogP contribution >= 0.6 is 11.6 Å². The first-order valence-electron chi connectivity index (χ1n) is 15.4. The zero-order valence-electron chi connectivity index (χ0n) is 25.4. The number of hydrogen-bond donors (Lipinski definition) is 2. The molecule has 2 aliphatic rings. The average molecular weight is 633 g/mol. The number of nitrogens with one attached hydrogen (secondary N) is 2. The summed E-state index contributed by atoms with van der Waals surface area (Å²) >= 11 is 6.20. The number of rotatable bonds is 7. The van der Waals surface area contributed by atoms with E-state index in [1.165, 1.54) is 28.8 Å². The predicted molar refractivity (Wildman–Crippen MR) is 174 cm³/mol. The molecule has 1 atom stereocenters. The smallest absolute Gasteiger partial charge is 0.307 e. The average Bonchev–Trinajstić information content (AvgIpc) is 3.06. The van der Waals surface area contributed by atoms with Crippen LogP contribution in [0.5, 0.6) is 0 Å². The van der Waals surface area contributed by atoms with Crippen molar-refractivity contribution in [3.8, 4) is 0 Å². The fraction of sp³-hybridized carbons (Fsp3) is 0.371. The third-order valence-corrected chi connectivity index (χ3v) is 9.39. The highest BCUT2D eigenvalue weighted by Gasteiger charge is 2.41. The zero-order valence-corrected chi connectivity index (χ0v) is 26.1. The van der Waals surface area contributed by atoms with E-state index in [0.717, 1.165) is 37.9 Å². The summed E-state index contributed by atoms with van der Waals surface area (Å²) in [5.74, 6) is -0.125. The Hall–Kier alpha value is -3.92. The number of aromatic amines is 1. The third-order valence-electron chi connectivity index (χ3n) is 9.06. The van der Waals surface area contributed by atoms with E-state index in [-0.39, 0.29) is 28.9 Å². The number of carbonyl (C=O) groups is 2. The number of benzene rings is 3. The fourth-order valence-electron chi connectivity index (χ4n) is 6.43. The minimum absolute atomic E-state index is 0.0480. The van der Waals surface area contributed by atoms with E-state index in [1.54, 1.807) is 24.3 Å². The van der Waals surface area contributed by atoms with Crippen molar-refractivity contribution < 1.29 is 14.0 Å². The van der Waals surface area contributed by atoms with Gasteiger partial charge in [0.2, 0.25) is 0 Å². The van der Waals surface area contributed by atoms with Crippen LogP contribution in [0.15, 0.2) is 82.4 Å². The van der Waals surface area contributed by atoms with Gasteiger partial charge in [0, 0.05) is 36.0 Å². The molecule has 0 bridgehead atoms. The van der Waals surface area contributed by atoms with Crippen LogP contribution < -0.4 is 16.6 Å². The number of ketones is 2. The van der Waals surface area contributed by atoms with Gasteiger partial charge in [-0.15, -0.1) is 0 Å². The maximum absolute atomic E-state index is 13.0. The van der Waals surface area contributed by atoms with Gasteiger partial charge in [-0.3, -0.25) is 19.0 Å². The molecule has 1 aliphatic carbocycles. The van der Waals surface area contributed by atoms with Crippen LogP contribution in [0, 0.1) is 11.7 Å². The second-order valence-corrected chi connectivity index (χ2v) is 12.1. The molecule has 1 aliphatic heterocycles. The van der Waals surface area contributed by atoms with Gasteiger partial charge >= 0.3 is 5.69 Å². The molecule has 4 aromatic rings. The summed E-state index contributed by atoms with van der Waals surface area (Å²) in [7, 11) is 1.84. The molecule has 3 aromatic carbocycles. The van der Waals surface area contributed by atoms with Gasteiger partial charge in [0.25, 0.3) is 5.56 Å². The van der Waals surface area contributed by atoms with E-state index in [1.807, 2.05) is 31.3 Å². The maximum atomic E-state index is 13.0. The van der Waals surface area contributed by atoms with E-state index < -0.39 is 11.2 Å². The number of hydrogen-bond acceptors (Lipinski definition) is 6. The third kappa shape index (κ3) is 7.16. The van der Waals surface area contributed by atoms with Gasteiger partial charge in [-0.2, -0.15) is 0 Å². The van der Waals surface area contributed by atoms with Crippen molar-refractivity contribution >= 4 is 34.1 Å². The summed E-state index contributed by atoms with van der Waals surface area (Å²) < 4.78 is 14.3. The van der Waals surface area contributed by atoms with Crippen LogP contribution in [0.3, 0.4) is 0 Å². The van der Waals surface area contributed by atoms with Crippen molar-refractivity contribution in [2.75, 3.05) is 26.7 Å². The Morgan fingerprint density at radius 2 is 1.64 bits per heavy atom. The largest absolute Gasteiger partial charge is 0.328 e. The first-order chi connectivity index (χ1) is 21.7. The molecule has 2 heterocycles. The molecular weight excluding hydrogens is 595 g/mol. The lowest BCUT2D eigenvalue weighted by atomic mass is 9.75. The minimum atomic E-state index is -0.559. The lowest BCUT2D eigenvalue weighted by molar-refractivity contribution is -0.127. The number of halogens is 2. The van der Waals surface area contributed by atoms with Gasteiger partial charge in [-0.25, -0.2) is 9.18 Å². The quantitative estimate of drug-likeness (QED) is 0.267. The highest BCUT2D eigenvalue weighted by Crippen LogP contribution is 2.37. The standard InChI is InChI=1S/C22H22FN3O3.C13H16ClNO/c23-17-7-5-15(6-8-17)20(27)16-9-11-25(12-10-16)13-14-26-21(28)18-3-1-2-4-19(18)24-22(26)29;1-15-13(9-5-4-8-12(13)16)10-6-2-3-7-11(10)14/h1-8,16H,9-14H2,(H,24,29);2-3,6-7,15H,4-5,8-9H2,1H3. The van der Waals surface area contributed by atoms with Crippen molar-refractivity contribution in [3.05, 3.63) is 116 Å². The van der Waals surface area contributed by atoms with Gasteiger partial charge in [-0.1, -0.05) is 48.4 Å². The first-order valence-corrected chi connectivity index (χ1v) is 15.8. The van der Waals surface area contributed by atoms with Crippen LogP contribution in [-0.4, -0.2) is 52.7 Å². The molecule has 8 nitrogen and oxygen atoms in total. The second-order valence-electron chi connectivity index (χ2n) is 11.7. The van der Waals surface area contributed by atoms with E-state index in [2.05, 4.69) is 15.2 Å². The van der Waals surface area contributed by atoms with Crippen molar-refractivity contribution in [1.29, 1.82) is 0 Å². The predicted octanol–water partition coefficient (Wildman–Crippen LogP) is 5.32. The molecule has 0 radical (unpaired) electrons. The number of likely N-dealkylation sites (N-methyl/N-ethyl adjacent to an activating group) is 1. The molecular formula is C35H38ClFN4O4. The Bertz CT molecular complexity index is 1780. The number of para-hydroxylation sites is 1. The molecule has 45 heavy (non-hydrogen) atoms. The maximum Gasteiger partial charge on any atom is 0.328 e. The highest BCUT2D eigenvalue weighted by molar-refractivity contribution is 6.31. The van der Waals surface area contributed by atoms with Gasteiger partial charge in [0.1, 0.15) is 11.4 Å². The Labute approximate surface area is 266 Å². The normalized spacial score (nSPS) is 19.2. The monoisotopic (exact) mass is 632 g/mol. The first kappa shape index (κ1) is 32.5. The van der Waals surface area contributed by atoms with Crippen molar-refractivity contribution in [1.82, 2.24) is 19.8 Å². The molecule has 6 rings (SSSR count). The molecule has 0 amide bonds. The number of Topliss-reactive ketones (excluding diaryl/α,β-unsaturated/α-hetero) is 2. The van der Waals surface area contributed by atoms with Gasteiger partial charge in [0.15, 0.2) is 11.6 Å².